The van der Waals surface area contributed by atoms with E-state index in [9.17, 15) is 14.9 Å². The van der Waals surface area contributed by atoms with Crippen LogP contribution in [-0.2, 0) is 4.79 Å². The molecule has 0 unspecified atom stereocenters. The van der Waals surface area contributed by atoms with E-state index in [1.54, 1.807) is 0 Å². The maximum atomic E-state index is 11.9. The summed E-state index contributed by atoms with van der Waals surface area (Å²) in [4.78, 5) is 24.3. The molecule has 1 aliphatic rings. The van der Waals surface area contributed by atoms with Crippen molar-refractivity contribution in [1.29, 1.82) is 0 Å². The van der Waals surface area contributed by atoms with Crippen LogP contribution in [0.15, 0.2) is 18.2 Å². The minimum absolute atomic E-state index is 0.0812. The van der Waals surface area contributed by atoms with E-state index in [4.69, 9.17) is 4.74 Å². The second-order valence-corrected chi connectivity index (χ2v) is 4.67. The fourth-order valence-electron chi connectivity index (χ4n) is 2.24. The number of hydrogen-bond donors (Lipinski definition) is 1. The maximum absolute atomic E-state index is 11.9. The Bertz CT molecular complexity index is 512. The monoisotopic (exact) mass is 279 g/mol. The number of nitro groups is 1. The summed E-state index contributed by atoms with van der Waals surface area (Å²) in [7, 11) is 1.46. The first kappa shape index (κ1) is 14.3. The Morgan fingerprint density at radius 2 is 2.15 bits per heavy atom. The minimum atomic E-state index is -0.504. The van der Waals surface area contributed by atoms with Crippen LogP contribution in [0.3, 0.4) is 0 Å². The molecule has 1 fully saturated rings. The van der Waals surface area contributed by atoms with Crippen LogP contribution in [0.1, 0.15) is 12.8 Å². The van der Waals surface area contributed by atoms with Crippen LogP contribution in [-0.4, -0.2) is 42.5 Å². The molecule has 1 N–H and O–H groups in total. The van der Waals surface area contributed by atoms with Gasteiger partial charge in [-0.2, -0.15) is 0 Å². The molecule has 0 spiro atoms. The Kier molecular flexibility index (Phi) is 4.52. The third-order valence-electron chi connectivity index (χ3n) is 3.23. The summed E-state index contributed by atoms with van der Waals surface area (Å²) < 4.78 is 5.10. The number of nitrogens with one attached hydrogen (secondary N) is 1. The minimum Gasteiger partial charge on any atom is -0.495 e. The number of rotatable bonds is 5. The van der Waals surface area contributed by atoms with Crippen molar-refractivity contribution in [2.75, 3.05) is 32.1 Å². The molecule has 7 heteroatoms. The lowest BCUT2D eigenvalue weighted by Gasteiger charge is -2.15. The lowest BCUT2D eigenvalue weighted by atomic mass is 10.2. The van der Waals surface area contributed by atoms with Crippen molar-refractivity contribution >= 4 is 17.3 Å². The van der Waals surface area contributed by atoms with Crippen LogP contribution in [0.25, 0.3) is 0 Å². The summed E-state index contributed by atoms with van der Waals surface area (Å²) in [5.74, 6) is 0.219. The van der Waals surface area contributed by atoms with Gasteiger partial charge in [0.1, 0.15) is 5.75 Å². The van der Waals surface area contributed by atoms with Crippen LogP contribution in [0, 0.1) is 10.1 Å². The van der Waals surface area contributed by atoms with Crippen molar-refractivity contribution in [3.8, 4) is 5.75 Å². The largest absolute Gasteiger partial charge is 0.495 e. The summed E-state index contributed by atoms with van der Waals surface area (Å²) in [5.41, 5.74) is 0.244. The Balaban J connectivity index is 2.07. The molecular weight excluding hydrogens is 262 g/mol. The number of amides is 1. The molecule has 1 aromatic rings. The molecule has 0 bridgehead atoms. The highest BCUT2D eigenvalue weighted by Crippen LogP contribution is 2.28. The molecule has 1 heterocycles. The van der Waals surface area contributed by atoms with Gasteiger partial charge in [0.25, 0.3) is 5.69 Å². The van der Waals surface area contributed by atoms with Gasteiger partial charge >= 0.3 is 0 Å². The zero-order chi connectivity index (χ0) is 14.5. The van der Waals surface area contributed by atoms with E-state index in [0.717, 1.165) is 25.9 Å². The molecule has 0 saturated carbocycles. The molecule has 108 valence electrons. The van der Waals surface area contributed by atoms with Gasteiger partial charge in [-0.1, -0.05) is 0 Å². The van der Waals surface area contributed by atoms with Gasteiger partial charge in [-0.05, 0) is 32.0 Å². The van der Waals surface area contributed by atoms with E-state index in [-0.39, 0.29) is 11.6 Å². The van der Waals surface area contributed by atoms with Gasteiger partial charge in [0.05, 0.1) is 24.3 Å². The fourth-order valence-corrected chi connectivity index (χ4v) is 2.24. The number of anilines is 1. The number of hydrogen-bond acceptors (Lipinski definition) is 5. The van der Waals surface area contributed by atoms with Crippen LogP contribution in [0.5, 0.6) is 5.75 Å². The van der Waals surface area contributed by atoms with Gasteiger partial charge in [0.2, 0.25) is 5.91 Å². The second-order valence-electron chi connectivity index (χ2n) is 4.67. The summed E-state index contributed by atoms with van der Waals surface area (Å²) in [5, 5.41) is 13.4. The molecule has 0 atom stereocenters. The fraction of sp³-hybridized carbons (Fsp3) is 0.462. The molecular formula is C13H17N3O4. The normalized spacial score (nSPS) is 15.1. The summed E-state index contributed by atoms with van der Waals surface area (Å²) in [6, 6.07) is 4.12. The van der Waals surface area contributed by atoms with Crippen molar-refractivity contribution < 1.29 is 14.5 Å². The Labute approximate surface area is 116 Å². The number of carbonyl (C=O) groups is 1. The molecule has 1 saturated heterocycles. The van der Waals surface area contributed by atoms with Gasteiger partial charge in [-0.15, -0.1) is 0 Å². The summed E-state index contributed by atoms with van der Waals surface area (Å²) in [6.07, 6.45) is 2.21. The maximum Gasteiger partial charge on any atom is 0.271 e. The Hall–Kier alpha value is -2.15. The van der Waals surface area contributed by atoms with Crippen molar-refractivity contribution in [2.24, 2.45) is 0 Å². The number of carbonyl (C=O) groups excluding carboxylic acids is 1. The first-order valence-electron chi connectivity index (χ1n) is 6.45. The second kappa shape index (κ2) is 6.33. The van der Waals surface area contributed by atoms with Crippen LogP contribution >= 0.6 is 0 Å². The number of benzene rings is 1. The van der Waals surface area contributed by atoms with Gasteiger partial charge in [-0.3, -0.25) is 19.8 Å². The smallest absolute Gasteiger partial charge is 0.271 e. The molecule has 20 heavy (non-hydrogen) atoms. The number of nitrogens with zero attached hydrogens (tertiary/aromatic N) is 2. The number of methoxy groups -OCH3 is 1. The first-order chi connectivity index (χ1) is 9.60. The highest BCUT2D eigenvalue weighted by atomic mass is 16.6. The van der Waals surface area contributed by atoms with Crippen LogP contribution < -0.4 is 10.1 Å². The van der Waals surface area contributed by atoms with Gasteiger partial charge < -0.3 is 10.1 Å². The van der Waals surface area contributed by atoms with E-state index in [1.165, 1.54) is 25.3 Å². The van der Waals surface area contributed by atoms with Crippen LogP contribution in [0.4, 0.5) is 11.4 Å². The van der Waals surface area contributed by atoms with Crippen LogP contribution in [0.2, 0.25) is 0 Å². The van der Waals surface area contributed by atoms with E-state index < -0.39 is 4.92 Å². The van der Waals surface area contributed by atoms with E-state index in [2.05, 4.69) is 10.2 Å². The first-order valence-corrected chi connectivity index (χ1v) is 6.45. The number of nitro benzene ring substituents is 1. The molecule has 1 aromatic carbocycles. The average molecular weight is 279 g/mol. The van der Waals surface area contributed by atoms with Gasteiger partial charge in [0.15, 0.2) is 0 Å². The molecule has 0 aliphatic carbocycles. The summed E-state index contributed by atoms with van der Waals surface area (Å²) in [6.45, 7) is 2.13. The highest BCUT2D eigenvalue weighted by molar-refractivity contribution is 5.94. The lowest BCUT2D eigenvalue weighted by molar-refractivity contribution is -0.384. The SMILES string of the molecule is COc1ccc([N+](=O)[O-])cc1NC(=O)CN1CCCC1. The standard InChI is InChI=1S/C13H17N3O4/c1-20-12-5-4-10(16(18)19)8-11(12)14-13(17)9-15-6-2-3-7-15/h4-5,8H,2-3,6-7,9H2,1H3,(H,14,17). The molecule has 0 aromatic heterocycles. The molecule has 7 nitrogen and oxygen atoms in total. The predicted octanol–water partition coefficient (Wildman–Crippen LogP) is 1.64. The number of likely N-dealkylation sites (tertiary alicyclic amines) is 1. The predicted molar refractivity (Wildman–Crippen MR) is 74.0 cm³/mol. The highest BCUT2D eigenvalue weighted by Gasteiger charge is 2.17. The Morgan fingerprint density at radius 3 is 2.75 bits per heavy atom. The lowest BCUT2D eigenvalue weighted by Crippen LogP contribution is -2.31. The third kappa shape index (κ3) is 3.45. The third-order valence-corrected chi connectivity index (χ3v) is 3.23. The average Bonchev–Trinajstić information content (AvgIpc) is 2.91. The molecule has 0 radical (unpaired) electrons. The molecule has 1 amide bonds. The quantitative estimate of drug-likeness (QED) is 0.654. The van der Waals surface area contributed by atoms with Gasteiger partial charge in [0, 0.05) is 12.1 Å². The van der Waals surface area contributed by atoms with Crippen molar-refractivity contribution in [3.05, 3.63) is 28.3 Å². The Morgan fingerprint density at radius 1 is 1.45 bits per heavy atom. The molecule has 1 aliphatic heterocycles. The van der Waals surface area contributed by atoms with Gasteiger partial charge in [-0.25, -0.2) is 0 Å². The van der Waals surface area contributed by atoms with Crippen molar-refractivity contribution in [1.82, 2.24) is 4.90 Å². The number of non-ortho nitro benzene ring substituents is 1. The number of ether oxygens (including phenoxy) is 1. The topological polar surface area (TPSA) is 84.7 Å². The van der Waals surface area contributed by atoms with E-state index in [1.807, 2.05) is 0 Å². The molecule has 2 rings (SSSR count). The van der Waals surface area contributed by atoms with Crippen molar-refractivity contribution in [3.63, 3.8) is 0 Å². The zero-order valence-electron chi connectivity index (χ0n) is 11.3. The van der Waals surface area contributed by atoms with E-state index in [0.29, 0.717) is 18.0 Å². The van der Waals surface area contributed by atoms with E-state index >= 15 is 0 Å². The van der Waals surface area contributed by atoms with Crippen molar-refractivity contribution in [2.45, 2.75) is 12.8 Å². The zero-order valence-corrected chi connectivity index (χ0v) is 11.3. The summed E-state index contributed by atoms with van der Waals surface area (Å²) >= 11 is 0.